The van der Waals surface area contributed by atoms with Crippen molar-refractivity contribution in [1.29, 1.82) is 0 Å². The number of nitrogens with zero attached hydrogens (tertiary/aromatic N) is 2. The van der Waals surface area contributed by atoms with Crippen LogP contribution in [0.4, 0.5) is 10.1 Å². The molecule has 0 aromatic heterocycles. The highest BCUT2D eigenvalue weighted by Crippen LogP contribution is 2.23. The average Bonchev–Trinajstić information content (AvgIpc) is 2.69. The van der Waals surface area contributed by atoms with Crippen LogP contribution in [0.5, 0.6) is 0 Å². The van der Waals surface area contributed by atoms with Crippen LogP contribution in [0.15, 0.2) is 24.3 Å². The standard InChI is InChI=1S/C19H28FN3O3S/c20-17-6-8-18(9-7-17)22-11-13-23(14-12-22)27(25,26)15-10-21-19(24)16-4-2-1-3-5-16/h6-9,16H,1-5,10-15H2,(H,21,24). The molecule has 0 radical (unpaired) electrons. The predicted molar refractivity (Wildman–Crippen MR) is 104 cm³/mol. The van der Waals surface area contributed by atoms with Gasteiger partial charge in [-0.2, -0.15) is 4.31 Å². The second kappa shape index (κ2) is 9.01. The number of nitrogens with one attached hydrogen (secondary N) is 1. The van der Waals surface area contributed by atoms with Gasteiger partial charge in [-0.05, 0) is 37.1 Å². The molecule has 27 heavy (non-hydrogen) atoms. The van der Waals surface area contributed by atoms with Crippen LogP contribution in [0, 0.1) is 11.7 Å². The molecule has 1 amide bonds. The van der Waals surface area contributed by atoms with Gasteiger partial charge >= 0.3 is 0 Å². The average molecular weight is 398 g/mol. The molecule has 2 fully saturated rings. The van der Waals surface area contributed by atoms with Gasteiger partial charge < -0.3 is 10.2 Å². The van der Waals surface area contributed by atoms with Crippen molar-refractivity contribution in [1.82, 2.24) is 9.62 Å². The van der Waals surface area contributed by atoms with E-state index in [1.54, 1.807) is 12.1 Å². The predicted octanol–water partition coefficient (Wildman–Crippen LogP) is 1.97. The molecule has 1 aromatic rings. The number of benzene rings is 1. The van der Waals surface area contributed by atoms with E-state index in [1.807, 2.05) is 0 Å². The first-order chi connectivity index (χ1) is 13.0. The number of amides is 1. The van der Waals surface area contributed by atoms with E-state index in [-0.39, 0.29) is 29.9 Å². The van der Waals surface area contributed by atoms with Crippen molar-refractivity contribution in [2.24, 2.45) is 5.92 Å². The summed E-state index contributed by atoms with van der Waals surface area (Å²) in [5.74, 6) is -0.316. The third kappa shape index (κ3) is 5.42. The lowest BCUT2D eigenvalue weighted by Crippen LogP contribution is -2.50. The number of piperazine rings is 1. The number of halogens is 1. The van der Waals surface area contributed by atoms with Crippen LogP contribution in [0.2, 0.25) is 0 Å². The maximum Gasteiger partial charge on any atom is 0.223 e. The molecule has 150 valence electrons. The summed E-state index contributed by atoms with van der Waals surface area (Å²) in [4.78, 5) is 14.2. The molecule has 1 aromatic carbocycles. The lowest BCUT2D eigenvalue weighted by molar-refractivity contribution is -0.125. The number of hydrogen-bond donors (Lipinski definition) is 1. The largest absolute Gasteiger partial charge is 0.369 e. The summed E-state index contributed by atoms with van der Waals surface area (Å²) in [6, 6.07) is 6.24. The summed E-state index contributed by atoms with van der Waals surface area (Å²) in [6.07, 6.45) is 5.15. The number of hydrogen-bond acceptors (Lipinski definition) is 4. The first-order valence-electron chi connectivity index (χ1n) is 9.72. The molecular weight excluding hydrogens is 369 g/mol. The van der Waals surface area contributed by atoms with Crippen LogP contribution >= 0.6 is 0 Å². The monoisotopic (exact) mass is 397 g/mol. The Labute approximate surface area is 160 Å². The van der Waals surface area contributed by atoms with Crippen molar-refractivity contribution in [3.63, 3.8) is 0 Å². The van der Waals surface area contributed by atoms with Gasteiger partial charge in [0.2, 0.25) is 15.9 Å². The summed E-state index contributed by atoms with van der Waals surface area (Å²) in [7, 11) is -3.39. The first-order valence-corrected chi connectivity index (χ1v) is 11.3. The molecule has 0 bridgehead atoms. The van der Waals surface area contributed by atoms with Crippen LogP contribution < -0.4 is 10.2 Å². The number of sulfonamides is 1. The Morgan fingerprint density at radius 2 is 1.67 bits per heavy atom. The van der Waals surface area contributed by atoms with Crippen molar-refractivity contribution < 1.29 is 17.6 Å². The van der Waals surface area contributed by atoms with Crippen LogP contribution in [0.1, 0.15) is 32.1 Å². The summed E-state index contributed by atoms with van der Waals surface area (Å²) in [5.41, 5.74) is 0.896. The Balaban J connectivity index is 1.44. The summed E-state index contributed by atoms with van der Waals surface area (Å²) < 4.78 is 39.6. The van der Waals surface area contributed by atoms with E-state index in [1.165, 1.54) is 22.9 Å². The quantitative estimate of drug-likeness (QED) is 0.797. The van der Waals surface area contributed by atoms with Gasteiger partial charge in [0, 0.05) is 44.3 Å². The number of carbonyl (C=O) groups excluding carboxylic acids is 1. The van der Waals surface area contributed by atoms with Crippen LogP contribution in [0.3, 0.4) is 0 Å². The number of rotatable bonds is 6. The fourth-order valence-electron chi connectivity index (χ4n) is 3.82. The molecule has 1 N–H and O–H groups in total. The van der Waals surface area contributed by atoms with E-state index in [0.29, 0.717) is 26.2 Å². The van der Waals surface area contributed by atoms with Gasteiger partial charge in [-0.15, -0.1) is 0 Å². The number of anilines is 1. The Kier molecular flexibility index (Phi) is 6.70. The zero-order valence-electron chi connectivity index (χ0n) is 15.6. The molecule has 1 saturated carbocycles. The topological polar surface area (TPSA) is 69.7 Å². The van der Waals surface area contributed by atoms with E-state index in [4.69, 9.17) is 0 Å². The lowest BCUT2D eigenvalue weighted by atomic mass is 9.89. The van der Waals surface area contributed by atoms with Crippen molar-refractivity contribution in [2.75, 3.05) is 43.4 Å². The maximum absolute atomic E-state index is 13.0. The first kappa shape index (κ1) is 20.1. The van der Waals surface area contributed by atoms with Gasteiger partial charge in [0.05, 0.1) is 5.75 Å². The van der Waals surface area contributed by atoms with E-state index >= 15 is 0 Å². The van der Waals surface area contributed by atoms with Gasteiger partial charge in [-0.1, -0.05) is 19.3 Å². The molecule has 6 nitrogen and oxygen atoms in total. The smallest absolute Gasteiger partial charge is 0.223 e. The Morgan fingerprint density at radius 1 is 1.04 bits per heavy atom. The summed E-state index contributed by atoms with van der Waals surface area (Å²) >= 11 is 0. The Hall–Kier alpha value is -1.67. The second-order valence-corrected chi connectivity index (χ2v) is 9.39. The minimum Gasteiger partial charge on any atom is -0.369 e. The highest BCUT2D eigenvalue weighted by atomic mass is 32.2. The van der Waals surface area contributed by atoms with Crippen LogP contribution in [-0.2, 0) is 14.8 Å². The molecule has 1 aliphatic heterocycles. The van der Waals surface area contributed by atoms with E-state index in [0.717, 1.165) is 31.4 Å². The zero-order chi connectivity index (χ0) is 19.3. The Morgan fingerprint density at radius 3 is 2.30 bits per heavy atom. The minimum absolute atomic E-state index is 0.00831. The molecule has 3 rings (SSSR count). The molecule has 0 atom stereocenters. The van der Waals surface area contributed by atoms with Crippen molar-refractivity contribution in [3.8, 4) is 0 Å². The van der Waals surface area contributed by atoms with E-state index in [9.17, 15) is 17.6 Å². The minimum atomic E-state index is -3.39. The molecule has 0 unspecified atom stereocenters. The van der Waals surface area contributed by atoms with Gasteiger partial charge in [0.25, 0.3) is 0 Å². The normalized spacial score (nSPS) is 19.8. The molecule has 1 aliphatic carbocycles. The summed E-state index contributed by atoms with van der Waals surface area (Å²) in [6.45, 7) is 2.10. The highest BCUT2D eigenvalue weighted by molar-refractivity contribution is 7.89. The molecule has 1 saturated heterocycles. The molecule has 8 heteroatoms. The molecule has 1 heterocycles. The second-order valence-electron chi connectivity index (χ2n) is 7.30. The fourth-order valence-corrected chi connectivity index (χ4v) is 5.16. The van der Waals surface area contributed by atoms with Gasteiger partial charge in [0.1, 0.15) is 5.82 Å². The highest BCUT2D eigenvalue weighted by Gasteiger charge is 2.27. The van der Waals surface area contributed by atoms with E-state index < -0.39 is 10.0 Å². The molecule has 0 spiro atoms. The van der Waals surface area contributed by atoms with Crippen molar-refractivity contribution in [3.05, 3.63) is 30.1 Å². The zero-order valence-corrected chi connectivity index (χ0v) is 16.4. The van der Waals surface area contributed by atoms with Crippen molar-refractivity contribution >= 4 is 21.6 Å². The third-order valence-corrected chi connectivity index (χ3v) is 7.33. The van der Waals surface area contributed by atoms with E-state index in [2.05, 4.69) is 10.2 Å². The van der Waals surface area contributed by atoms with Gasteiger partial charge in [-0.25, -0.2) is 12.8 Å². The molecule has 2 aliphatic rings. The van der Waals surface area contributed by atoms with Gasteiger partial charge in [-0.3, -0.25) is 4.79 Å². The molecular formula is C19H28FN3O3S. The maximum atomic E-state index is 13.0. The third-order valence-electron chi connectivity index (χ3n) is 5.46. The summed E-state index contributed by atoms with van der Waals surface area (Å²) in [5, 5.41) is 2.80. The fraction of sp³-hybridized carbons (Fsp3) is 0.632. The lowest BCUT2D eigenvalue weighted by Gasteiger charge is -2.35. The van der Waals surface area contributed by atoms with Crippen LogP contribution in [-0.4, -0.2) is 57.1 Å². The van der Waals surface area contributed by atoms with Crippen LogP contribution in [0.25, 0.3) is 0 Å². The number of carbonyl (C=O) groups is 1. The van der Waals surface area contributed by atoms with Crippen molar-refractivity contribution in [2.45, 2.75) is 32.1 Å². The Bertz CT molecular complexity index is 725. The van der Waals surface area contributed by atoms with Gasteiger partial charge in [0.15, 0.2) is 0 Å². The SMILES string of the molecule is O=C(NCCS(=O)(=O)N1CCN(c2ccc(F)cc2)CC1)C1CCCCC1.